The van der Waals surface area contributed by atoms with E-state index in [0.29, 0.717) is 6.42 Å². The van der Waals surface area contributed by atoms with E-state index in [4.69, 9.17) is 19.3 Å². The Bertz CT molecular complexity index is 549. The molecule has 0 aromatic rings. The Labute approximate surface area is 206 Å². The van der Waals surface area contributed by atoms with Gasteiger partial charge in [-0.25, -0.2) is 4.57 Å². The molecule has 0 fully saturated rings. The summed E-state index contributed by atoms with van der Waals surface area (Å²) in [5.41, 5.74) is 0. The molecule has 8 nitrogen and oxygen atoms in total. The van der Waals surface area contributed by atoms with Crippen LogP contribution in [0.4, 0.5) is 0 Å². The van der Waals surface area contributed by atoms with E-state index in [2.05, 4.69) is 18.4 Å². The Morgan fingerprint density at radius 1 is 0.647 bits per heavy atom. The van der Waals surface area contributed by atoms with Gasteiger partial charge < -0.3 is 19.3 Å². The van der Waals surface area contributed by atoms with Crippen LogP contribution in [0.3, 0.4) is 0 Å². The number of phosphoric ester groups is 1. The second-order valence-corrected chi connectivity index (χ2v) is 10.3. The molecule has 0 aliphatic carbocycles. The van der Waals surface area contributed by atoms with E-state index in [-0.39, 0.29) is 19.4 Å². The Morgan fingerprint density at radius 2 is 1.06 bits per heavy atom. The Balaban J connectivity index is 4.07. The summed E-state index contributed by atoms with van der Waals surface area (Å²) in [6.07, 6.45) is 17.3. The van der Waals surface area contributed by atoms with Gasteiger partial charge in [-0.3, -0.25) is 14.1 Å². The van der Waals surface area contributed by atoms with Crippen LogP contribution < -0.4 is 0 Å². The van der Waals surface area contributed by atoms with E-state index < -0.39 is 32.5 Å². The van der Waals surface area contributed by atoms with E-state index in [0.717, 1.165) is 51.4 Å². The van der Waals surface area contributed by atoms with Gasteiger partial charge in [-0.1, -0.05) is 104 Å². The fourth-order valence-electron chi connectivity index (χ4n) is 3.61. The van der Waals surface area contributed by atoms with Crippen LogP contribution in [-0.2, 0) is 28.2 Å². The highest BCUT2D eigenvalue weighted by atomic mass is 31.2. The summed E-state index contributed by atoms with van der Waals surface area (Å²) in [6, 6.07) is 0. The van der Waals surface area contributed by atoms with Crippen molar-refractivity contribution in [3.63, 3.8) is 0 Å². The van der Waals surface area contributed by atoms with Crippen molar-refractivity contribution in [1.29, 1.82) is 0 Å². The first kappa shape index (κ1) is 33.0. The number of hydrogen-bond acceptors (Lipinski definition) is 6. The van der Waals surface area contributed by atoms with Crippen molar-refractivity contribution in [2.45, 2.75) is 136 Å². The molecule has 0 aromatic heterocycles. The van der Waals surface area contributed by atoms with Crippen LogP contribution in [-0.4, -0.2) is 41.0 Å². The number of unbranched alkanes of at least 4 members (excludes halogenated alkanes) is 14. The summed E-state index contributed by atoms with van der Waals surface area (Å²) in [5.74, 6) is -0.898. The zero-order valence-corrected chi connectivity index (χ0v) is 22.4. The van der Waals surface area contributed by atoms with Crippen LogP contribution in [0.5, 0.6) is 0 Å². The minimum Gasteiger partial charge on any atom is -0.462 e. The van der Waals surface area contributed by atoms with Crippen molar-refractivity contribution in [3.8, 4) is 0 Å². The van der Waals surface area contributed by atoms with Crippen molar-refractivity contribution in [3.05, 3.63) is 0 Å². The Hall–Kier alpha value is -0.950. The van der Waals surface area contributed by atoms with E-state index >= 15 is 0 Å². The summed E-state index contributed by atoms with van der Waals surface area (Å²) < 4.78 is 25.9. The quantitative estimate of drug-likeness (QED) is 0.0849. The molecule has 202 valence electrons. The minimum atomic E-state index is -4.72. The highest BCUT2D eigenvalue weighted by Gasteiger charge is 2.22. The van der Waals surface area contributed by atoms with E-state index in [1.165, 1.54) is 44.9 Å². The number of carbonyl (C=O) groups is 2. The van der Waals surface area contributed by atoms with Gasteiger partial charge in [0.15, 0.2) is 6.10 Å². The minimum absolute atomic E-state index is 0.217. The highest BCUT2D eigenvalue weighted by Crippen LogP contribution is 2.35. The molecular formula is C25H49O8P. The lowest BCUT2D eigenvalue weighted by atomic mass is 10.1. The lowest BCUT2D eigenvalue weighted by Gasteiger charge is -2.18. The van der Waals surface area contributed by atoms with Gasteiger partial charge in [0.25, 0.3) is 0 Å². The van der Waals surface area contributed by atoms with E-state index in [9.17, 15) is 14.2 Å². The number of ether oxygens (including phenoxy) is 2. The molecule has 0 unspecified atom stereocenters. The first-order valence-electron chi connectivity index (χ1n) is 13.3. The maximum absolute atomic E-state index is 12.1. The largest absolute Gasteiger partial charge is 0.469 e. The topological polar surface area (TPSA) is 119 Å². The third-order valence-electron chi connectivity index (χ3n) is 5.63. The molecule has 0 spiro atoms. The molecule has 0 heterocycles. The molecule has 0 aliphatic rings. The molecular weight excluding hydrogens is 459 g/mol. The summed E-state index contributed by atoms with van der Waals surface area (Å²) in [6.45, 7) is 3.53. The van der Waals surface area contributed by atoms with Crippen LogP contribution in [0, 0.1) is 0 Å². The molecule has 0 aliphatic heterocycles. The zero-order chi connectivity index (χ0) is 25.5. The van der Waals surface area contributed by atoms with Gasteiger partial charge in [-0.05, 0) is 12.8 Å². The SMILES string of the molecule is CCCCCCCCCCCCCC(=O)O[C@H](COC(=O)CCCCCCC)COP(=O)(O)O. The van der Waals surface area contributed by atoms with Crippen LogP contribution in [0.25, 0.3) is 0 Å². The molecule has 0 amide bonds. The fourth-order valence-corrected chi connectivity index (χ4v) is 3.97. The summed E-state index contributed by atoms with van der Waals surface area (Å²) in [4.78, 5) is 41.9. The Morgan fingerprint density at radius 3 is 1.50 bits per heavy atom. The molecule has 0 bridgehead atoms. The van der Waals surface area contributed by atoms with E-state index in [1.54, 1.807) is 0 Å². The van der Waals surface area contributed by atoms with Crippen molar-refractivity contribution in [2.75, 3.05) is 13.2 Å². The first-order chi connectivity index (χ1) is 16.3. The lowest BCUT2D eigenvalue weighted by molar-refractivity contribution is -0.161. The predicted molar refractivity (Wildman–Crippen MR) is 133 cm³/mol. The average molecular weight is 509 g/mol. The maximum atomic E-state index is 12.1. The Kier molecular flexibility index (Phi) is 21.9. The van der Waals surface area contributed by atoms with Crippen LogP contribution in [0.1, 0.15) is 129 Å². The molecule has 0 saturated heterocycles. The molecule has 2 N–H and O–H groups in total. The average Bonchev–Trinajstić information content (AvgIpc) is 2.78. The maximum Gasteiger partial charge on any atom is 0.469 e. The fraction of sp³-hybridized carbons (Fsp3) is 0.920. The number of hydrogen-bond donors (Lipinski definition) is 2. The summed E-state index contributed by atoms with van der Waals surface area (Å²) in [5, 5.41) is 0. The summed E-state index contributed by atoms with van der Waals surface area (Å²) in [7, 11) is -4.72. The van der Waals surface area contributed by atoms with Crippen LogP contribution >= 0.6 is 7.82 Å². The van der Waals surface area contributed by atoms with Gasteiger partial charge in [0.05, 0.1) is 6.61 Å². The van der Waals surface area contributed by atoms with Gasteiger partial charge in [0.1, 0.15) is 6.61 Å². The van der Waals surface area contributed by atoms with Gasteiger partial charge in [0, 0.05) is 12.8 Å². The molecule has 0 radical (unpaired) electrons. The van der Waals surface area contributed by atoms with Crippen molar-refractivity contribution < 1.29 is 37.9 Å². The van der Waals surface area contributed by atoms with Crippen molar-refractivity contribution in [1.82, 2.24) is 0 Å². The van der Waals surface area contributed by atoms with Gasteiger partial charge in [-0.2, -0.15) is 0 Å². The number of rotatable bonds is 24. The highest BCUT2D eigenvalue weighted by molar-refractivity contribution is 7.46. The third kappa shape index (κ3) is 24.2. The first-order valence-corrected chi connectivity index (χ1v) is 14.9. The van der Waals surface area contributed by atoms with Gasteiger partial charge >= 0.3 is 19.8 Å². The van der Waals surface area contributed by atoms with Crippen LogP contribution in [0.2, 0.25) is 0 Å². The third-order valence-corrected chi connectivity index (χ3v) is 6.11. The molecule has 9 heteroatoms. The summed E-state index contributed by atoms with van der Waals surface area (Å²) >= 11 is 0. The second kappa shape index (κ2) is 22.5. The van der Waals surface area contributed by atoms with Gasteiger partial charge in [0.2, 0.25) is 0 Å². The van der Waals surface area contributed by atoms with Crippen molar-refractivity contribution >= 4 is 19.8 Å². The standard InChI is InChI=1S/C25H49O8P/c1-3-5-7-9-10-11-12-13-14-16-18-20-25(27)33-23(22-32-34(28,29)30)21-31-24(26)19-17-15-8-6-4-2/h23H,3-22H2,1-2H3,(H2,28,29,30)/t23-/m1/s1. The molecule has 1 atom stereocenters. The number of phosphoric acid groups is 1. The van der Waals surface area contributed by atoms with Crippen LogP contribution in [0.15, 0.2) is 0 Å². The molecule has 0 saturated carbocycles. The monoisotopic (exact) mass is 508 g/mol. The number of carbonyl (C=O) groups excluding carboxylic acids is 2. The van der Waals surface area contributed by atoms with Gasteiger partial charge in [-0.15, -0.1) is 0 Å². The second-order valence-electron chi connectivity index (χ2n) is 9.03. The normalized spacial score (nSPS) is 12.5. The molecule has 0 aromatic carbocycles. The molecule has 34 heavy (non-hydrogen) atoms. The smallest absolute Gasteiger partial charge is 0.462 e. The predicted octanol–water partition coefficient (Wildman–Crippen LogP) is 6.61. The van der Waals surface area contributed by atoms with E-state index in [1.807, 2.05) is 0 Å². The van der Waals surface area contributed by atoms with Crippen molar-refractivity contribution in [2.24, 2.45) is 0 Å². The lowest BCUT2D eigenvalue weighted by Crippen LogP contribution is -2.29. The molecule has 0 rings (SSSR count). The zero-order valence-electron chi connectivity index (χ0n) is 21.5. The number of esters is 2.